The van der Waals surface area contributed by atoms with Crippen molar-refractivity contribution in [3.05, 3.63) is 41.7 Å². The van der Waals surface area contributed by atoms with Crippen molar-refractivity contribution in [2.24, 2.45) is 0 Å². The maximum atomic E-state index is 12.2. The molecule has 1 rings (SSSR count). The highest BCUT2D eigenvalue weighted by atomic mass is 16.6. The number of ether oxygens (including phenoxy) is 3. The Morgan fingerprint density at radius 3 is 1.61 bits per heavy atom. The molecular formula is C42H76O9. The van der Waals surface area contributed by atoms with Crippen molar-refractivity contribution < 1.29 is 44.2 Å². The van der Waals surface area contributed by atoms with Gasteiger partial charge in [0, 0.05) is 6.42 Å². The summed E-state index contributed by atoms with van der Waals surface area (Å²) >= 11 is 0. The molecule has 9 nitrogen and oxygen atoms in total. The summed E-state index contributed by atoms with van der Waals surface area (Å²) < 4.78 is 15.6. The maximum Gasteiger partial charge on any atom is 0.373 e. The lowest BCUT2D eigenvalue weighted by Gasteiger charge is -2.16. The van der Waals surface area contributed by atoms with Crippen molar-refractivity contribution in [3.63, 3.8) is 0 Å². The Kier molecular flexibility index (Phi) is 38.5. The van der Waals surface area contributed by atoms with Gasteiger partial charge in [-0.2, -0.15) is 0 Å². The number of rotatable bonds is 29. The number of benzene rings is 1. The van der Waals surface area contributed by atoms with Crippen LogP contribution in [0, 0.1) is 0 Å². The fraction of sp³-hybridized carbons (Fsp3) is 0.762. The zero-order chi connectivity index (χ0) is 38.4. The lowest BCUT2D eigenvalue weighted by Crippen LogP contribution is -2.21. The Balaban J connectivity index is 0. The first-order valence-electron chi connectivity index (χ1n) is 19.9. The van der Waals surface area contributed by atoms with Crippen LogP contribution in [0.2, 0.25) is 0 Å². The highest BCUT2D eigenvalue weighted by Gasteiger charge is 2.17. The molecular weight excluding hydrogens is 648 g/mol. The van der Waals surface area contributed by atoms with Crippen LogP contribution in [0.3, 0.4) is 0 Å². The number of aliphatic hydroxyl groups is 4. The van der Waals surface area contributed by atoms with Gasteiger partial charge in [-0.3, -0.25) is 4.79 Å². The molecule has 4 N–H and O–H groups in total. The van der Waals surface area contributed by atoms with Crippen molar-refractivity contribution in [2.75, 3.05) is 26.9 Å². The molecule has 0 spiro atoms. The van der Waals surface area contributed by atoms with Crippen molar-refractivity contribution in [1.29, 1.82) is 0 Å². The molecule has 0 aliphatic rings. The van der Waals surface area contributed by atoms with Gasteiger partial charge in [0.25, 0.3) is 0 Å². The van der Waals surface area contributed by atoms with Gasteiger partial charge >= 0.3 is 11.9 Å². The summed E-state index contributed by atoms with van der Waals surface area (Å²) in [5, 5.41) is 33.7. The van der Waals surface area contributed by atoms with Crippen LogP contribution in [0.15, 0.2) is 36.1 Å². The highest BCUT2D eigenvalue weighted by molar-refractivity contribution is 5.91. The topological polar surface area (TPSA) is 143 Å². The minimum atomic E-state index is -0.954. The van der Waals surface area contributed by atoms with Crippen LogP contribution in [0.1, 0.15) is 168 Å². The van der Waals surface area contributed by atoms with E-state index in [0.29, 0.717) is 6.42 Å². The summed E-state index contributed by atoms with van der Waals surface area (Å²) in [6.07, 6.45) is 25.3. The fourth-order valence-electron chi connectivity index (χ4n) is 5.03. The Bertz CT molecular complexity index is 920. The van der Waals surface area contributed by atoms with Crippen LogP contribution >= 0.6 is 0 Å². The number of unbranched alkanes of at least 4 members (excludes halogenated alkanes) is 16. The zero-order valence-corrected chi connectivity index (χ0v) is 33.0. The molecule has 0 saturated heterocycles. The van der Waals surface area contributed by atoms with Crippen molar-refractivity contribution in [2.45, 2.75) is 181 Å². The summed E-state index contributed by atoms with van der Waals surface area (Å²) in [7, 11) is 1.49. The smallest absolute Gasteiger partial charge is 0.373 e. The van der Waals surface area contributed by atoms with Crippen LogP contribution in [0.25, 0.3) is 6.08 Å². The lowest BCUT2D eigenvalue weighted by molar-refractivity contribution is -0.148. The molecule has 1 aromatic carbocycles. The van der Waals surface area contributed by atoms with Gasteiger partial charge in [0.2, 0.25) is 5.76 Å². The van der Waals surface area contributed by atoms with E-state index in [1.54, 1.807) is 6.08 Å². The first kappa shape index (κ1) is 50.6. The monoisotopic (exact) mass is 725 g/mol. The standard InChI is InChI=1S/C21H42O4.C18H26O3.C3H8O2/c1-2-3-4-5-6-7-8-9-10-11-12-13-14-15-16-17-21(24)25-19-20(23)18-22;1-4-6-8-13-16(5-2)21-18(19)17(20-3)14-15-11-9-7-10-12-15;1-3(5)2-4/h20,22-23H,2-19H2,1H3;7,9-12,14,16H,4-6,8,13H2,1-3H3;3-5H,2H2,1H3. The average molecular weight is 725 g/mol. The van der Waals surface area contributed by atoms with Gasteiger partial charge < -0.3 is 34.6 Å². The fourth-order valence-corrected chi connectivity index (χ4v) is 5.03. The first-order chi connectivity index (χ1) is 24.7. The molecule has 3 atom stereocenters. The van der Waals surface area contributed by atoms with E-state index in [1.165, 1.54) is 110 Å². The van der Waals surface area contributed by atoms with Crippen LogP contribution in [0.4, 0.5) is 0 Å². The van der Waals surface area contributed by atoms with E-state index < -0.39 is 12.2 Å². The molecule has 0 bridgehead atoms. The summed E-state index contributed by atoms with van der Waals surface area (Å²) in [4.78, 5) is 23.5. The Hall–Kier alpha value is -2.46. The molecule has 0 radical (unpaired) electrons. The van der Waals surface area contributed by atoms with E-state index in [9.17, 15) is 9.59 Å². The van der Waals surface area contributed by atoms with Crippen LogP contribution in [-0.4, -0.2) is 77.6 Å². The van der Waals surface area contributed by atoms with E-state index >= 15 is 0 Å². The second-order valence-electron chi connectivity index (χ2n) is 13.3. The summed E-state index contributed by atoms with van der Waals surface area (Å²) in [5.41, 5.74) is 0.922. The third-order valence-corrected chi connectivity index (χ3v) is 8.27. The molecule has 0 aliphatic heterocycles. The number of hydrogen-bond donors (Lipinski definition) is 4. The Morgan fingerprint density at radius 1 is 0.706 bits per heavy atom. The highest BCUT2D eigenvalue weighted by Crippen LogP contribution is 2.16. The molecule has 3 unspecified atom stereocenters. The molecule has 0 amide bonds. The van der Waals surface area contributed by atoms with E-state index in [-0.39, 0.29) is 43.6 Å². The van der Waals surface area contributed by atoms with Crippen LogP contribution < -0.4 is 0 Å². The number of aliphatic hydroxyl groups excluding tert-OH is 4. The number of methoxy groups -OCH3 is 1. The Labute approximate surface area is 311 Å². The molecule has 0 fully saturated rings. The van der Waals surface area contributed by atoms with E-state index in [4.69, 9.17) is 34.6 Å². The van der Waals surface area contributed by atoms with Crippen LogP contribution in [-0.2, 0) is 23.8 Å². The normalized spacial score (nSPS) is 12.8. The molecule has 51 heavy (non-hydrogen) atoms. The SMILES string of the molecule is CC(O)CO.CCCCCC(CC)OC(=O)C(=Cc1ccccc1)OC.CCCCCCCCCCCCCCCCCC(=O)OCC(O)CO. The average Bonchev–Trinajstić information content (AvgIpc) is 3.14. The van der Waals surface area contributed by atoms with E-state index in [1.807, 2.05) is 37.3 Å². The van der Waals surface area contributed by atoms with Crippen molar-refractivity contribution in [1.82, 2.24) is 0 Å². The van der Waals surface area contributed by atoms with Crippen LogP contribution in [0.5, 0.6) is 0 Å². The number of esters is 2. The second-order valence-corrected chi connectivity index (χ2v) is 13.3. The zero-order valence-electron chi connectivity index (χ0n) is 33.0. The van der Waals surface area contributed by atoms with Gasteiger partial charge in [0.15, 0.2) is 0 Å². The van der Waals surface area contributed by atoms with Crippen molar-refractivity contribution >= 4 is 18.0 Å². The second kappa shape index (κ2) is 38.8. The Morgan fingerprint density at radius 2 is 1.18 bits per heavy atom. The summed E-state index contributed by atoms with van der Waals surface area (Å²) in [6, 6.07) is 9.62. The minimum absolute atomic E-state index is 0.0293. The molecule has 0 saturated carbocycles. The lowest BCUT2D eigenvalue weighted by atomic mass is 10.0. The maximum absolute atomic E-state index is 12.2. The van der Waals surface area contributed by atoms with E-state index in [0.717, 1.165) is 37.7 Å². The third kappa shape index (κ3) is 35.7. The predicted octanol–water partition coefficient (Wildman–Crippen LogP) is 9.08. The molecule has 0 aliphatic carbocycles. The van der Waals surface area contributed by atoms with Gasteiger partial charge in [-0.05, 0) is 44.2 Å². The first-order valence-corrected chi connectivity index (χ1v) is 19.9. The molecule has 298 valence electrons. The number of carbonyl (C=O) groups is 2. The summed E-state index contributed by atoms with van der Waals surface area (Å²) in [6.45, 7) is 7.39. The molecule has 1 aromatic rings. The molecule has 9 heteroatoms. The number of hydrogen-bond acceptors (Lipinski definition) is 9. The minimum Gasteiger partial charge on any atom is -0.490 e. The molecule has 0 heterocycles. The predicted molar refractivity (Wildman–Crippen MR) is 208 cm³/mol. The van der Waals surface area contributed by atoms with Crippen molar-refractivity contribution in [3.8, 4) is 0 Å². The van der Waals surface area contributed by atoms with Gasteiger partial charge in [0.05, 0.1) is 26.4 Å². The largest absolute Gasteiger partial charge is 0.490 e. The quantitative estimate of drug-likeness (QED) is 0.0275. The third-order valence-electron chi connectivity index (χ3n) is 8.27. The number of carbonyl (C=O) groups excluding carboxylic acids is 2. The molecule has 0 aromatic heterocycles. The van der Waals surface area contributed by atoms with Gasteiger partial charge in [-0.15, -0.1) is 0 Å². The van der Waals surface area contributed by atoms with Gasteiger partial charge in [-0.25, -0.2) is 4.79 Å². The van der Waals surface area contributed by atoms with E-state index in [2.05, 4.69) is 13.8 Å². The van der Waals surface area contributed by atoms with Gasteiger partial charge in [0.1, 0.15) is 18.8 Å². The van der Waals surface area contributed by atoms with Gasteiger partial charge in [-0.1, -0.05) is 154 Å². The summed E-state index contributed by atoms with van der Waals surface area (Å²) in [5.74, 6) is -0.415.